The Labute approximate surface area is 80.2 Å². The van der Waals surface area contributed by atoms with Crippen LogP contribution in [0.25, 0.3) is 0 Å². The smallest absolute Gasteiger partial charge is 0.0948 e. The highest BCUT2D eigenvalue weighted by Gasteiger charge is 2.11. The molecule has 0 aliphatic heterocycles. The lowest BCUT2D eigenvalue weighted by Gasteiger charge is -2.23. The van der Waals surface area contributed by atoms with Crippen molar-refractivity contribution >= 4 is 0 Å². The molecule has 1 aromatic rings. The summed E-state index contributed by atoms with van der Waals surface area (Å²) in [4.78, 5) is 4.02. The molecule has 3 heteroatoms. The standard InChI is InChI=1S/C10H19N3/c1-9(7-12-10(2,3)4)13-6-5-11-8-13/h5-6,8-9,12H,7H2,1-4H3. The van der Waals surface area contributed by atoms with E-state index in [2.05, 4.69) is 42.6 Å². The van der Waals surface area contributed by atoms with Gasteiger partial charge in [0.05, 0.1) is 6.33 Å². The summed E-state index contributed by atoms with van der Waals surface area (Å²) in [5, 5.41) is 3.46. The number of hydrogen-bond acceptors (Lipinski definition) is 2. The summed E-state index contributed by atoms with van der Waals surface area (Å²) in [5.41, 5.74) is 0.189. The van der Waals surface area contributed by atoms with Gasteiger partial charge in [0.2, 0.25) is 0 Å². The molecule has 1 unspecified atom stereocenters. The van der Waals surface area contributed by atoms with E-state index in [1.54, 1.807) is 0 Å². The summed E-state index contributed by atoms with van der Waals surface area (Å²) in [6, 6.07) is 0.460. The SMILES string of the molecule is CC(CNC(C)(C)C)n1ccnc1. The largest absolute Gasteiger partial charge is 0.333 e. The maximum atomic E-state index is 4.02. The van der Waals surface area contributed by atoms with Crippen LogP contribution in [0.4, 0.5) is 0 Å². The molecule has 74 valence electrons. The zero-order valence-corrected chi connectivity index (χ0v) is 8.91. The fraction of sp³-hybridized carbons (Fsp3) is 0.700. The zero-order valence-electron chi connectivity index (χ0n) is 8.91. The van der Waals surface area contributed by atoms with E-state index in [0.717, 1.165) is 6.54 Å². The summed E-state index contributed by atoms with van der Waals surface area (Å²) in [7, 11) is 0. The quantitative estimate of drug-likeness (QED) is 0.771. The van der Waals surface area contributed by atoms with Crippen LogP contribution < -0.4 is 5.32 Å². The summed E-state index contributed by atoms with van der Waals surface area (Å²) in [5.74, 6) is 0. The third-order valence-corrected chi connectivity index (χ3v) is 1.96. The molecule has 13 heavy (non-hydrogen) atoms. The fourth-order valence-electron chi connectivity index (χ4n) is 1.09. The van der Waals surface area contributed by atoms with Gasteiger partial charge < -0.3 is 9.88 Å². The summed E-state index contributed by atoms with van der Waals surface area (Å²) >= 11 is 0. The topological polar surface area (TPSA) is 29.9 Å². The number of hydrogen-bond donors (Lipinski definition) is 1. The number of aromatic nitrogens is 2. The number of nitrogens with zero attached hydrogens (tertiary/aromatic N) is 2. The highest BCUT2D eigenvalue weighted by Crippen LogP contribution is 2.05. The lowest BCUT2D eigenvalue weighted by Crippen LogP contribution is -2.39. The maximum absolute atomic E-state index is 4.02. The molecule has 0 saturated heterocycles. The lowest BCUT2D eigenvalue weighted by molar-refractivity contribution is 0.379. The van der Waals surface area contributed by atoms with Crippen molar-refractivity contribution in [3.05, 3.63) is 18.7 Å². The third-order valence-electron chi connectivity index (χ3n) is 1.96. The van der Waals surface area contributed by atoms with E-state index in [4.69, 9.17) is 0 Å². The minimum atomic E-state index is 0.189. The minimum Gasteiger partial charge on any atom is -0.333 e. The van der Waals surface area contributed by atoms with Gasteiger partial charge in [0.25, 0.3) is 0 Å². The van der Waals surface area contributed by atoms with Gasteiger partial charge in [0.1, 0.15) is 0 Å². The number of nitrogens with one attached hydrogen (secondary N) is 1. The first-order valence-corrected chi connectivity index (χ1v) is 4.71. The van der Waals surface area contributed by atoms with Gasteiger partial charge in [-0.05, 0) is 27.7 Å². The molecule has 0 bridgehead atoms. The van der Waals surface area contributed by atoms with E-state index in [1.165, 1.54) is 0 Å². The van der Waals surface area contributed by atoms with Crippen molar-refractivity contribution in [3.8, 4) is 0 Å². The average Bonchev–Trinajstić information content (AvgIpc) is 2.50. The fourth-order valence-corrected chi connectivity index (χ4v) is 1.09. The molecule has 0 fully saturated rings. The van der Waals surface area contributed by atoms with Crippen molar-refractivity contribution in [2.45, 2.75) is 39.3 Å². The summed E-state index contributed by atoms with van der Waals surface area (Å²) in [6.07, 6.45) is 5.66. The van der Waals surface area contributed by atoms with Crippen molar-refractivity contribution in [3.63, 3.8) is 0 Å². The Balaban J connectivity index is 2.39. The van der Waals surface area contributed by atoms with Gasteiger partial charge in [-0.25, -0.2) is 4.98 Å². The van der Waals surface area contributed by atoms with Gasteiger partial charge >= 0.3 is 0 Å². The Morgan fingerprint density at radius 3 is 2.62 bits per heavy atom. The van der Waals surface area contributed by atoms with Crippen LogP contribution in [0.1, 0.15) is 33.7 Å². The van der Waals surface area contributed by atoms with Gasteiger partial charge in [-0.3, -0.25) is 0 Å². The molecule has 1 aromatic heterocycles. The van der Waals surface area contributed by atoms with Gasteiger partial charge in [-0.1, -0.05) is 0 Å². The molecule has 1 atom stereocenters. The maximum Gasteiger partial charge on any atom is 0.0948 e. The van der Waals surface area contributed by atoms with E-state index in [-0.39, 0.29) is 5.54 Å². The molecule has 0 radical (unpaired) electrons. The van der Waals surface area contributed by atoms with Crippen LogP contribution in [0.5, 0.6) is 0 Å². The van der Waals surface area contributed by atoms with E-state index < -0.39 is 0 Å². The molecule has 0 spiro atoms. The molecule has 3 nitrogen and oxygen atoms in total. The molecule has 1 heterocycles. The van der Waals surface area contributed by atoms with Crippen LogP contribution in [0.3, 0.4) is 0 Å². The van der Waals surface area contributed by atoms with Crippen LogP contribution in [-0.2, 0) is 0 Å². The molecule has 0 aliphatic rings. The Bertz CT molecular complexity index is 233. The first-order valence-electron chi connectivity index (χ1n) is 4.71. The Hall–Kier alpha value is -0.830. The second-order valence-corrected chi connectivity index (χ2v) is 4.49. The molecule has 0 aliphatic carbocycles. The third kappa shape index (κ3) is 3.59. The normalized spacial score (nSPS) is 14.5. The van der Waals surface area contributed by atoms with Gasteiger partial charge in [0, 0.05) is 30.5 Å². The second kappa shape index (κ2) is 3.92. The second-order valence-electron chi connectivity index (χ2n) is 4.49. The van der Waals surface area contributed by atoms with Crippen molar-refractivity contribution in [1.29, 1.82) is 0 Å². The molecule has 0 amide bonds. The molecular weight excluding hydrogens is 162 g/mol. The molecule has 1 rings (SSSR count). The predicted octanol–water partition coefficient (Wildman–Crippen LogP) is 1.83. The van der Waals surface area contributed by atoms with Crippen LogP contribution in [0.2, 0.25) is 0 Å². The predicted molar refractivity (Wildman–Crippen MR) is 54.7 cm³/mol. The van der Waals surface area contributed by atoms with E-state index in [0.29, 0.717) is 6.04 Å². The van der Waals surface area contributed by atoms with E-state index >= 15 is 0 Å². The number of rotatable bonds is 3. The van der Waals surface area contributed by atoms with E-state index in [1.807, 2.05) is 18.7 Å². The molecule has 0 aromatic carbocycles. The van der Waals surface area contributed by atoms with Crippen LogP contribution in [-0.4, -0.2) is 21.6 Å². The van der Waals surface area contributed by atoms with Crippen LogP contribution >= 0.6 is 0 Å². The van der Waals surface area contributed by atoms with Gasteiger partial charge in [-0.15, -0.1) is 0 Å². The zero-order chi connectivity index (χ0) is 9.90. The Kier molecular flexibility index (Phi) is 3.09. The Morgan fingerprint density at radius 2 is 2.15 bits per heavy atom. The van der Waals surface area contributed by atoms with E-state index in [9.17, 15) is 0 Å². The van der Waals surface area contributed by atoms with Gasteiger partial charge in [0.15, 0.2) is 0 Å². The minimum absolute atomic E-state index is 0.189. The van der Waals surface area contributed by atoms with Crippen molar-refractivity contribution in [2.24, 2.45) is 0 Å². The van der Waals surface area contributed by atoms with Crippen molar-refractivity contribution in [1.82, 2.24) is 14.9 Å². The lowest BCUT2D eigenvalue weighted by atomic mass is 10.1. The van der Waals surface area contributed by atoms with Crippen molar-refractivity contribution in [2.75, 3.05) is 6.54 Å². The highest BCUT2D eigenvalue weighted by molar-refractivity contribution is 4.81. The van der Waals surface area contributed by atoms with Crippen LogP contribution in [0.15, 0.2) is 18.7 Å². The molecular formula is C10H19N3. The monoisotopic (exact) mass is 181 g/mol. The summed E-state index contributed by atoms with van der Waals surface area (Å²) < 4.78 is 2.11. The van der Waals surface area contributed by atoms with Crippen molar-refractivity contribution < 1.29 is 0 Å². The summed E-state index contributed by atoms with van der Waals surface area (Å²) in [6.45, 7) is 9.68. The molecule has 0 saturated carbocycles. The van der Waals surface area contributed by atoms with Gasteiger partial charge in [-0.2, -0.15) is 0 Å². The first kappa shape index (κ1) is 10.3. The number of imidazole rings is 1. The first-order chi connectivity index (χ1) is 5.99. The molecule has 1 N–H and O–H groups in total. The highest BCUT2D eigenvalue weighted by atomic mass is 15.1. The Morgan fingerprint density at radius 1 is 1.46 bits per heavy atom. The van der Waals surface area contributed by atoms with Crippen LogP contribution in [0, 0.1) is 0 Å². The average molecular weight is 181 g/mol.